The minimum atomic E-state index is -0.319. The van der Waals surface area contributed by atoms with E-state index in [2.05, 4.69) is 20.8 Å². The van der Waals surface area contributed by atoms with Crippen molar-refractivity contribution in [2.45, 2.75) is 12.1 Å². The Morgan fingerprint density at radius 2 is 1.76 bits per heavy atom. The van der Waals surface area contributed by atoms with Crippen molar-refractivity contribution in [1.82, 2.24) is 14.9 Å². The number of nitrogens with two attached hydrogens (primary N) is 1. The molecule has 4 aromatic rings. The molecule has 0 saturated heterocycles. The zero-order valence-electron chi connectivity index (χ0n) is 18.2. The van der Waals surface area contributed by atoms with Gasteiger partial charge in [0.15, 0.2) is 5.82 Å². The molecule has 0 saturated carbocycles. The number of hydrogen-bond acceptors (Lipinski definition) is 6. The number of carbonyl (C=O) groups is 2. The minimum Gasteiger partial charge on any atom is -0.335 e. The number of carbonyl (C=O) groups excluding carboxylic acids is 2. The summed E-state index contributed by atoms with van der Waals surface area (Å²) in [6.07, 6.45) is 0. The van der Waals surface area contributed by atoms with E-state index in [1.165, 1.54) is 4.68 Å². The maximum Gasteiger partial charge on any atom is 0.257 e. The first-order valence-electron chi connectivity index (χ1n) is 10.3. The number of para-hydroxylation sites is 1. The molecule has 0 aliphatic carbocycles. The van der Waals surface area contributed by atoms with Gasteiger partial charge < -0.3 is 16.5 Å². The zero-order chi connectivity index (χ0) is 24.1. The van der Waals surface area contributed by atoms with Gasteiger partial charge in [0.2, 0.25) is 11.1 Å². The van der Waals surface area contributed by atoms with Crippen LogP contribution >= 0.6 is 23.4 Å². The van der Waals surface area contributed by atoms with E-state index in [9.17, 15) is 9.59 Å². The third-order valence-corrected chi connectivity index (χ3v) is 6.11. The van der Waals surface area contributed by atoms with E-state index in [-0.39, 0.29) is 17.6 Å². The lowest BCUT2D eigenvalue weighted by Crippen LogP contribution is -2.20. The number of anilines is 2. The average Bonchev–Trinajstić information content (AvgIpc) is 3.18. The summed E-state index contributed by atoms with van der Waals surface area (Å²) in [6, 6.07) is 21.5. The molecule has 0 aliphatic heterocycles. The summed E-state index contributed by atoms with van der Waals surface area (Å²) in [4.78, 5) is 25.4. The molecule has 0 unspecified atom stereocenters. The lowest BCUT2D eigenvalue weighted by atomic mass is 10.1. The van der Waals surface area contributed by atoms with Crippen molar-refractivity contribution < 1.29 is 9.59 Å². The number of rotatable bonds is 7. The molecule has 4 rings (SSSR count). The minimum absolute atomic E-state index is 0.0195. The second-order valence-corrected chi connectivity index (χ2v) is 8.71. The Hall–Kier alpha value is -3.82. The summed E-state index contributed by atoms with van der Waals surface area (Å²) in [5.41, 5.74) is 3.11. The fraction of sp³-hybridized carbons (Fsp3) is 0.0833. The number of aryl methyl sites for hydroxylation is 1. The van der Waals surface area contributed by atoms with Crippen LogP contribution < -0.4 is 16.5 Å². The van der Waals surface area contributed by atoms with Gasteiger partial charge in [-0.3, -0.25) is 9.59 Å². The van der Waals surface area contributed by atoms with Gasteiger partial charge >= 0.3 is 0 Å². The molecule has 34 heavy (non-hydrogen) atoms. The normalized spacial score (nSPS) is 10.6. The molecule has 3 aromatic carbocycles. The van der Waals surface area contributed by atoms with E-state index in [1.54, 1.807) is 36.4 Å². The largest absolute Gasteiger partial charge is 0.335 e. The number of nitrogen functional groups attached to an aromatic ring is 1. The number of hydrogen-bond donors (Lipinski definition) is 3. The molecule has 0 aliphatic rings. The SMILES string of the molecule is Cc1cccc(NC(=O)c2ccccc2NC(=O)CSc2nnc(-c3ccccc3Cl)n2N)c1. The Morgan fingerprint density at radius 1 is 1.00 bits per heavy atom. The third-order valence-electron chi connectivity index (χ3n) is 4.83. The molecule has 0 bridgehead atoms. The van der Waals surface area contributed by atoms with Gasteiger partial charge in [0.1, 0.15) is 0 Å². The number of aromatic nitrogens is 3. The van der Waals surface area contributed by atoms with Gasteiger partial charge in [-0.15, -0.1) is 10.2 Å². The third kappa shape index (κ3) is 5.38. The van der Waals surface area contributed by atoms with Crippen molar-refractivity contribution in [3.05, 3.63) is 88.9 Å². The topological polar surface area (TPSA) is 115 Å². The van der Waals surface area contributed by atoms with Crippen LogP contribution in [0.2, 0.25) is 5.02 Å². The number of nitrogens with one attached hydrogen (secondary N) is 2. The highest BCUT2D eigenvalue weighted by Gasteiger charge is 2.17. The number of thioether (sulfide) groups is 1. The maximum absolute atomic E-state index is 12.8. The van der Waals surface area contributed by atoms with Crippen LogP contribution in [0.1, 0.15) is 15.9 Å². The van der Waals surface area contributed by atoms with E-state index in [4.69, 9.17) is 17.4 Å². The Labute approximate surface area is 205 Å². The number of benzene rings is 3. The second-order valence-electron chi connectivity index (χ2n) is 7.36. The summed E-state index contributed by atoms with van der Waals surface area (Å²) < 4.78 is 1.29. The molecule has 2 amide bonds. The van der Waals surface area contributed by atoms with Crippen molar-refractivity contribution in [1.29, 1.82) is 0 Å². The first-order chi connectivity index (χ1) is 16.4. The molecule has 8 nitrogen and oxygen atoms in total. The van der Waals surface area contributed by atoms with E-state index in [0.29, 0.717) is 38.5 Å². The molecule has 0 spiro atoms. The van der Waals surface area contributed by atoms with E-state index >= 15 is 0 Å². The smallest absolute Gasteiger partial charge is 0.257 e. The van der Waals surface area contributed by atoms with Crippen molar-refractivity contribution >= 4 is 46.6 Å². The van der Waals surface area contributed by atoms with Crippen molar-refractivity contribution in [2.24, 2.45) is 0 Å². The summed E-state index contributed by atoms with van der Waals surface area (Å²) in [7, 11) is 0. The van der Waals surface area contributed by atoms with Crippen LogP contribution in [0.15, 0.2) is 78.0 Å². The number of halogens is 1. The molecule has 1 aromatic heterocycles. The van der Waals surface area contributed by atoms with Crippen LogP contribution in [0.25, 0.3) is 11.4 Å². The van der Waals surface area contributed by atoms with Crippen molar-refractivity contribution in [2.75, 3.05) is 22.2 Å². The predicted octanol–water partition coefficient (Wildman–Crippen LogP) is 4.60. The highest BCUT2D eigenvalue weighted by molar-refractivity contribution is 7.99. The van der Waals surface area contributed by atoms with Gasteiger partial charge in [0.05, 0.1) is 22.0 Å². The average molecular weight is 493 g/mol. The highest BCUT2D eigenvalue weighted by atomic mass is 35.5. The zero-order valence-corrected chi connectivity index (χ0v) is 19.7. The van der Waals surface area contributed by atoms with Crippen LogP contribution in [-0.4, -0.2) is 32.4 Å². The molecule has 1 heterocycles. The Bertz CT molecular complexity index is 1360. The van der Waals surface area contributed by atoms with Crippen LogP contribution in [0.3, 0.4) is 0 Å². The van der Waals surface area contributed by atoms with Crippen molar-refractivity contribution in [3.63, 3.8) is 0 Å². The lowest BCUT2D eigenvalue weighted by molar-refractivity contribution is -0.113. The molecule has 0 atom stereocenters. The van der Waals surface area contributed by atoms with E-state index < -0.39 is 0 Å². The van der Waals surface area contributed by atoms with E-state index in [1.807, 2.05) is 43.3 Å². The number of nitrogens with zero attached hydrogens (tertiary/aromatic N) is 3. The summed E-state index contributed by atoms with van der Waals surface area (Å²) >= 11 is 7.34. The van der Waals surface area contributed by atoms with Crippen LogP contribution in [0, 0.1) is 6.92 Å². The Balaban J connectivity index is 1.42. The van der Waals surface area contributed by atoms with Gasteiger partial charge in [-0.2, -0.15) is 0 Å². The fourth-order valence-electron chi connectivity index (χ4n) is 3.23. The van der Waals surface area contributed by atoms with E-state index in [0.717, 1.165) is 17.3 Å². The number of amides is 2. The molecular weight excluding hydrogens is 472 g/mol. The monoisotopic (exact) mass is 492 g/mol. The van der Waals surface area contributed by atoms with Crippen molar-refractivity contribution in [3.8, 4) is 11.4 Å². The highest BCUT2D eigenvalue weighted by Crippen LogP contribution is 2.27. The van der Waals surface area contributed by atoms with Gasteiger partial charge in [0, 0.05) is 11.3 Å². The van der Waals surface area contributed by atoms with Gasteiger partial charge in [-0.1, -0.05) is 59.8 Å². The molecule has 10 heteroatoms. The quantitative estimate of drug-likeness (QED) is 0.256. The lowest BCUT2D eigenvalue weighted by Gasteiger charge is -2.12. The Morgan fingerprint density at radius 3 is 2.56 bits per heavy atom. The first kappa shape index (κ1) is 23.3. The van der Waals surface area contributed by atoms with Gasteiger partial charge in [-0.05, 0) is 48.9 Å². The van der Waals surface area contributed by atoms with Crippen LogP contribution in [-0.2, 0) is 4.79 Å². The van der Waals surface area contributed by atoms with Gasteiger partial charge in [-0.25, -0.2) is 4.68 Å². The standard InChI is InChI=1S/C24H21ClN6O2S/c1-15-7-6-8-16(13-15)27-23(33)18-10-3-5-12-20(18)28-21(32)14-34-24-30-29-22(31(24)26)17-9-2-4-11-19(17)25/h2-13H,14,26H2,1H3,(H,27,33)(H,28,32). The second kappa shape index (κ2) is 10.4. The Kier molecular flexibility index (Phi) is 7.15. The summed E-state index contributed by atoms with van der Waals surface area (Å²) in [5, 5.41) is 14.6. The maximum atomic E-state index is 12.8. The van der Waals surface area contributed by atoms with Gasteiger partial charge in [0.25, 0.3) is 5.91 Å². The van der Waals surface area contributed by atoms with Crippen LogP contribution in [0.5, 0.6) is 0 Å². The summed E-state index contributed by atoms with van der Waals surface area (Å²) in [6.45, 7) is 1.95. The molecular formula is C24H21ClN6O2S. The predicted molar refractivity (Wildman–Crippen MR) is 136 cm³/mol. The molecule has 0 fully saturated rings. The molecule has 172 valence electrons. The molecule has 0 radical (unpaired) electrons. The fourth-order valence-corrected chi connectivity index (χ4v) is 4.11. The first-order valence-corrected chi connectivity index (χ1v) is 11.6. The summed E-state index contributed by atoms with van der Waals surface area (Å²) in [5.74, 6) is 5.90. The van der Waals surface area contributed by atoms with Crippen LogP contribution in [0.4, 0.5) is 11.4 Å². The molecule has 4 N–H and O–H groups in total.